The van der Waals surface area contributed by atoms with E-state index in [4.69, 9.17) is 0 Å². The van der Waals surface area contributed by atoms with Crippen LogP contribution in [0.5, 0.6) is 0 Å². The van der Waals surface area contributed by atoms with Gasteiger partial charge in [-0.1, -0.05) is 13.8 Å². The fourth-order valence-corrected chi connectivity index (χ4v) is 1.88. The first kappa shape index (κ1) is 14.4. The van der Waals surface area contributed by atoms with E-state index in [1.807, 2.05) is 11.8 Å². The van der Waals surface area contributed by atoms with Crippen LogP contribution in [0.25, 0.3) is 0 Å². The van der Waals surface area contributed by atoms with Crippen LogP contribution < -0.4 is 4.90 Å². The van der Waals surface area contributed by atoms with E-state index in [1.54, 1.807) is 13.8 Å². The van der Waals surface area contributed by atoms with E-state index >= 15 is 0 Å². The van der Waals surface area contributed by atoms with Crippen molar-refractivity contribution in [2.75, 3.05) is 18.0 Å². The van der Waals surface area contributed by atoms with Gasteiger partial charge in [0.25, 0.3) is 0 Å². The lowest BCUT2D eigenvalue weighted by molar-refractivity contribution is 0.0696. The first-order valence-corrected chi connectivity index (χ1v) is 6.20. The van der Waals surface area contributed by atoms with Crippen LogP contribution in [0.2, 0.25) is 0 Å². The Morgan fingerprint density at radius 3 is 2.39 bits per heavy atom. The Labute approximate surface area is 108 Å². The highest BCUT2D eigenvalue weighted by Gasteiger charge is 2.21. The van der Waals surface area contributed by atoms with E-state index in [0.29, 0.717) is 23.0 Å². The number of aromatic nitrogens is 2. The lowest BCUT2D eigenvalue weighted by Gasteiger charge is -2.25. The zero-order valence-corrected chi connectivity index (χ0v) is 11.7. The van der Waals surface area contributed by atoms with Crippen molar-refractivity contribution >= 4 is 11.8 Å². The summed E-state index contributed by atoms with van der Waals surface area (Å²) in [4.78, 5) is 13.4. The normalized spacial score (nSPS) is 10.8. The Morgan fingerprint density at radius 2 is 1.94 bits per heavy atom. The number of rotatable bonds is 5. The highest BCUT2D eigenvalue weighted by molar-refractivity contribution is 5.95. The van der Waals surface area contributed by atoms with Crippen LogP contribution in [0.15, 0.2) is 0 Å². The van der Waals surface area contributed by atoms with E-state index in [1.165, 1.54) is 0 Å². The average molecular weight is 251 g/mol. The van der Waals surface area contributed by atoms with Crippen molar-refractivity contribution in [3.63, 3.8) is 0 Å². The lowest BCUT2D eigenvalue weighted by atomic mass is 10.1. The van der Waals surface area contributed by atoms with Crippen molar-refractivity contribution < 1.29 is 9.90 Å². The first-order chi connectivity index (χ1) is 8.38. The number of aromatic carboxylic acids is 1. The number of carbonyl (C=O) groups is 1. The van der Waals surface area contributed by atoms with E-state index < -0.39 is 5.97 Å². The molecule has 0 bridgehead atoms. The minimum Gasteiger partial charge on any atom is -0.478 e. The number of hydrogen-bond donors (Lipinski definition) is 1. The predicted molar refractivity (Wildman–Crippen MR) is 71.2 cm³/mol. The van der Waals surface area contributed by atoms with E-state index in [-0.39, 0.29) is 5.56 Å². The van der Waals surface area contributed by atoms with Crippen molar-refractivity contribution in [3.8, 4) is 0 Å². The second kappa shape index (κ2) is 5.80. The summed E-state index contributed by atoms with van der Waals surface area (Å²) in [5.74, 6) is -0.0282. The van der Waals surface area contributed by atoms with Crippen molar-refractivity contribution in [3.05, 3.63) is 16.8 Å². The number of carboxylic acids is 1. The zero-order valence-electron chi connectivity index (χ0n) is 11.7. The molecule has 1 heterocycles. The molecule has 18 heavy (non-hydrogen) atoms. The van der Waals surface area contributed by atoms with Gasteiger partial charge in [0.1, 0.15) is 5.56 Å². The molecule has 5 heteroatoms. The summed E-state index contributed by atoms with van der Waals surface area (Å²) >= 11 is 0. The van der Waals surface area contributed by atoms with Crippen LogP contribution in [0.3, 0.4) is 0 Å². The van der Waals surface area contributed by atoms with E-state index in [9.17, 15) is 9.90 Å². The molecule has 1 aromatic heterocycles. The highest BCUT2D eigenvalue weighted by atomic mass is 16.4. The molecule has 1 rings (SSSR count). The monoisotopic (exact) mass is 251 g/mol. The van der Waals surface area contributed by atoms with Crippen LogP contribution in [0.4, 0.5) is 5.82 Å². The Hall–Kier alpha value is -1.65. The maximum atomic E-state index is 11.4. The molecule has 100 valence electrons. The molecule has 0 unspecified atom stereocenters. The van der Waals surface area contributed by atoms with Crippen molar-refractivity contribution in [1.82, 2.24) is 10.2 Å². The zero-order chi connectivity index (χ0) is 13.9. The smallest absolute Gasteiger partial charge is 0.339 e. The van der Waals surface area contributed by atoms with Crippen LogP contribution in [-0.4, -0.2) is 34.4 Å². The van der Waals surface area contributed by atoms with Crippen molar-refractivity contribution in [1.29, 1.82) is 0 Å². The fraction of sp³-hybridized carbons (Fsp3) is 0.615. The second-order valence-corrected chi connectivity index (χ2v) is 4.85. The van der Waals surface area contributed by atoms with Gasteiger partial charge in [-0.2, -0.15) is 5.10 Å². The van der Waals surface area contributed by atoms with E-state index in [2.05, 4.69) is 24.0 Å². The number of aryl methyl sites for hydroxylation is 1. The number of carboxylic acid groups (broad SMARTS) is 1. The van der Waals surface area contributed by atoms with Crippen LogP contribution in [-0.2, 0) is 0 Å². The number of anilines is 1. The van der Waals surface area contributed by atoms with Gasteiger partial charge in [-0.15, -0.1) is 5.10 Å². The summed E-state index contributed by atoms with van der Waals surface area (Å²) in [6.07, 6.45) is 0. The van der Waals surface area contributed by atoms with Gasteiger partial charge in [-0.25, -0.2) is 4.79 Å². The SMILES string of the molecule is CCN(CC(C)C)c1nnc(C)c(C)c1C(=O)O. The summed E-state index contributed by atoms with van der Waals surface area (Å²) in [7, 11) is 0. The third-order valence-electron chi connectivity index (χ3n) is 2.92. The summed E-state index contributed by atoms with van der Waals surface area (Å²) < 4.78 is 0. The van der Waals surface area contributed by atoms with Gasteiger partial charge < -0.3 is 10.0 Å². The van der Waals surface area contributed by atoms with Crippen LogP contribution >= 0.6 is 0 Å². The number of nitrogens with zero attached hydrogens (tertiary/aromatic N) is 3. The summed E-state index contributed by atoms with van der Waals surface area (Å²) in [6.45, 7) is 11.2. The minimum absolute atomic E-state index is 0.269. The third-order valence-corrected chi connectivity index (χ3v) is 2.92. The van der Waals surface area contributed by atoms with Gasteiger partial charge in [0.15, 0.2) is 5.82 Å². The van der Waals surface area contributed by atoms with Crippen LogP contribution in [0, 0.1) is 19.8 Å². The average Bonchev–Trinajstić information content (AvgIpc) is 2.28. The number of hydrogen-bond acceptors (Lipinski definition) is 4. The Balaban J connectivity index is 3.30. The molecule has 0 aliphatic rings. The molecule has 0 saturated heterocycles. The van der Waals surface area contributed by atoms with Gasteiger partial charge in [0.2, 0.25) is 0 Å². The molecule has 0 fully saturated rings. The van der Waals surface area contributed by atoms with Crippen molar-refractivity contribution in [2.24, 2.45) is 5.92 Å². The topological polar surface area (TPSA) is 66.3 Å². The molecule has 0 aromatic carbocycles. The molecule has 0 radical (unpaired) electrons. The van der Waals surface area contributed by atoms with Gasteiger partial charge in [-0.05, 0) is 32.3 Å². The molecule has 0 saturated carbocycles. The minimum atomic E-state index is -0.942. The van der Waals surface area contributed by atoms with Gasteiger partial charge in [0.05, 0.1) is 5.69 Å². The Bertz CT molecular complexity index is 444. The third kappa shape index (κ3) is 2.97. The maximum absolute atomic E-state index is 11.4. The summed E-state index contributed by atoms with van der Waals surface area (Å²) in [5, 5.41) is 17.5. The molecular weight excluding hydrogens is 230 g/mol. The standard InChI is InChI=1S/C13H21N3O2/c1-6-16(7-8(2)3)12-11(13(17)18)9(4)10(5)14-15-12/h8H,6-7H2,1-5H3,(H,17,18). The fourth-order valence-electron chi connectivity index (χ4n) is 1.88. The molecule has 0 spiro atoms. The molecule has 5 nitrogen and oxygen atoms in total. The largest absolute Gasteiger partial charge is 0.478 e. The van der Waals surface area contributed by atoms with Gasteiger partial charge in [0, 0.05) is 13.1 Å². The lowest BCUT2D eigenvalue weighted by Crippen LogP contribution is -2.30. The second-order valence-electron chi connectivity index (χ2n) is 4.85. The van der Waals surface area contributed by atoms with Gasteiger partial charge >= 0.3 is 5.97 Å². The first-order valence-electron chi connectivity index (χ1n) is 6.20. The molecule has 0 aliphatic carbocycles. The molecular formula is C13H21N3O2. The summed E-state index contributed by atoms with van der Waals surface area (Å²) in [6, 6.07) is 0. The van der Waals surface area contributed by atoms with Gasteiger partial charge in [-0.3, -0.25) is 0 Å². The maximum Gasteiger partial charge on any atom is 0.339 e. The predicted octanol–water partition coefficient (Wildman–Crippen LogP) is 2.27. The Morgan fingerprint density at radius 1 is 1.33 bits per heavy atom. The quantitative estimate of drug-likeness (QED) is 0.869. The van der Waals surface area contributed by atoms with E-state index in [0.717, 1.165) is 13.1 Å². The van der Waals surface area contributed by atoms with Crippen LogP contribution in [0.1, 0.15) is 42.4 Å². The molecule has 0 amide bonds. The molecule has 0 aliphatic heterocycles. The Kier molecular flexibility index (Phi) is 4.64. The molecule has 1 aromatic rings. The molecule has 0 atom stereocenters. The highest BCUT2D eigenvalue weighted by Crippen LogP contribution is 2.22. The molecule has 1 N–H and O–H groups in total. The summed E-state index contributed by atoms with van der Waals surface area (Å²) in [5.41, 5.74) is 1.62. The van der Waals surface area contributed by atoms with Crippen molar-refractivity contribution in [2.45, 2.75) is 34.6 Å².